The fourth-order valence-electron chi connectivity index (χ4n) is 4.56. The van der Waals surface area contributed by atoms with Crippen molar-refractivity contribution in [3.8, 4) is 0 Å². The van der Waals surface area contributed by atoms with E-state index in [2.05, 4.69) is 41.0 Å². The molecule has 1 fully saturated rings. The number of fused-ring (bicyclic) bond motifs is 1. The van der Waals surface area contributed by atoms with E-state index < -0.39 is 0 Å². The molecule has 2 aliphatic heterocycles. The summed E-state index contributed by atoms with van der Waals surface area (Å²) in [5.41, 5.74) is 6.07. The topological polar surface area (TPSA) is 59.1 Å². The Morgan fingerprint density at radius 2 is 1.77 bits per heavy atom. The highest BCUT2D eigenvalue weighted by molar-refractivity contribution is 5.85. The van der Waals surface area contributed by atoms with Gasteiger partial charge < -0.3 is 15.4 Å². The van der Waals surface area contributed by atoms with Gasteiger partial charge in [0.05, 0.1) is 18.9 Å². The van der Waals surface area contributed by atoms with Crippen molar-refractivity contribution in [3.05, 3.63) is 53.0 Å². The maximum absolute atomic E-state index is 5.44. The zero-order valence-electron chi connectivity index (χ0n) is 17.2. The van der Waals surface area contributed by atoms with Crippen LogP contribution in [0.1, 0.15) is 67.1 Å². The van der Waals surface area contributed by atoms with Crippen molar-refractivity contribution < 1.29 is 4.74 Å². The predicted molar refractivity (Wildman–Crippen MR) is 126 cm³/mol. The summed E-state index contributed by atoms with van der Waals surface area (Å²) in [5, 5.41) is 6.97. The van der Waals surface area contributed by atoms with Crippen LogP contribution in [0, 0.1) is 0 Å². The Morgan fingerprint density at radius 1 is 0.967 bits per heavy atom. The van der Waals surface area contributed by atoms with Crippen molar-refractivity contribution in [2.24, 2.45) is 0 Å². The molecule has 0 amide bonds. The van der Waals surface area contributed by atoms with Gasteiger partial charge >= 0.3 is 0 Å². The van der Waals surface area contributed by atoms with Gasteiger partial charge in [-0.05, 0) is 48.4 Å². The van der Waals surface area contributed by atoms with Crippen molar-refractivity contribution in [3.63, 3.8) is 0 Å². The summed E-state index contributed by atoms with van der Waals surface area (Å²) in [4.78, 5) is 9.71. The van der Waals surface area contributed by atoms with Gasteiger partial charge in [0.1, 0.15) is 5.82 Å². The molecule has 0 atom stereocenters. The smallest absolute Gasteiger partial charge is 0.157 e. The van der Waals surface area contributed by atoms with Gasteiger partial charge in [0.2, 0.25) is 0 Å². The molecule has 0 spiro atoms. The van der Waals surface area contributed by atoms with Gasteiger partial charge in [-0.3, -0.25) is 0 Å². The molecule has 3 heterocycles. The molecule has 1 aliphatic carbocycles. The SMILES string of the molecule is C1=C(c2nc3c(c(Nc4ccc(C5CCCCC5)cc4)n2)CNC3)CCOC1.Cl.Cl. The Morgan fingerprint density at radius 3 is 2.50 bits per heavy atom. The number of aromatic nitrogens is 2. The molecule has 1 aromatic carbocycles. The van der Waals surface area contributed by atoms with Crippen LogP contribution in [-0.2, 0) is 17.8 Å². The number of halogens is 2. The van der Waals surface area contributed by atoms with E-state index in [1.54, 1.807) is 0 Å². The quantitative estimate of drug-likeness (QED) is 0.644. The molecule has 30 heavy (non-hydrogen) atoms. The largest absolute Gasteiger partial charge is 0.377 e. The van der Waals surface area contributed by atoms with Crippen LogP contribution in [0.15, 0.2) is 30.3 Å². The van der Waals surface area contributed by atoms with E-state index in [0.717, 1.165) is 55.1 Å². The maximum Gasteiger partial charge on any atom is 0.157 e. The minimum Gasteiger partial charge on any atom is -0.377 e. The first-order chi connectivity index (χ1) is 13.9. The molecule has 5 nitrogen and oxygen atoms in total. The zero-order chi connectivity index (χ0) is 18.8. The van der Waals surface area contributed by atoms with Crippen LogP contribution in [0.4, 0.5) is 11.5 Å². The highest BCUT2D eigenvalue weighted by Crippen LogP contribution is 2.34. The Labute approximate surface area is 190 Å². The molecular weight excluding hydrogens is 419 g/mol. The van der Waals surface area contributed by atoms with Crippen molar-refractivity contribution in [1.29, 1.82) is 0 Å². The standard InChI is InChI=1S/C23H28N4O.2ClH/c1-2-4-16(5-3-1)17-6-8-19(9-7-17)25-23-20-14-24-15-21(20)26-22(27-23)18-10-12-28-13-11-18;;/h6-10,16,24H,1-5,11-15H2,(H,25,26,27);2*1H. The van der Waals surface area contributed by atoms with Gasteiger partial charge in [-0.25, -0.2) is 9.97 Å². The van der Waals surface area contributed by atoms with Crippen LogP contribution < -0.4 is 10.6 Å². The Balaban J connectivity index is 0.00000128. The molecule has 0 unspecified atom stereocenters. The fraction of sp³-hybridized carbons (Fsp3) is 0.478. The molecule has 0 bridgehead atoms. The number of rotatable bonds is 4. The van der Waals surface area contributed by atoms with E-state index in [1.165, 1.54) is 48.8 Å². The predicted octanol–water partition coefficient (Wildman–Crippen LogP) is 5.52. The summed E-state index contributed by atoms with van der Waals surface area (Å²) in [7, 11) is 0. The lowest BCUT2D eigenvalue weighted by molar-refractivity contribution is 0.161. The third-order valence-electron chi connectivity index (χ3n) is 6.19. The van der Waals surface area contributed by atoms with E-state index in [-0.39, 0.29) is 24.8 Å². The number of hydrogen-bond donors (Lipinski definition) is 2. The average Bonchev–Trinajstić information content (AvgIpc) is 3.25. The first-order valence-corrected chi connectivity index (χ1v) is 10.6. The number of nitrogens with zero attached hydrogens (tertiary/aromatic N) is 2. The summed E-state index contributed by atoms with van der Waals surface area (Å²) in [5.74, 6) is 2.51. The summed E-state index contributed by atoms with van der Waals surface area (Å²) in [6, 6.07) is 8.99. The molecule has 3 aliphatic rings. The third kappa shape index (κ3) is 4.97. The number of hydrogen-bond acceptors (Lipinski definition) is 5. The van der Waals surface area contributed by atoms with Crippen LogP contribution in [0.3, 0.4) is 0 Å². The van der Waals surface area contributed by atoms with Crippen LogP contribution in [0.5, 0.6) is 0 Å². The highest BCUT2D eigenvalue weighted by atomic mass is 35.5. The van der Waals surface area contributed by atoms with Crippen molar-refractivity contribution in [1.82, 2.24) is 15.3 Å². The number of benzene rings is 1. The second kappa shape index (κ2) is 10.6. The lowest BCUT2D eigenvalue weighted by Gasteiger charge is -2.22. The van der Waals surface area contributed by atoms with Crippen LogP contribution >= 0.6 is 24.8 Å². The lowest BCUT2D eigenvalue weighted by Crippen LogP contribution is -2.10. The summed E-state index contributed by atoms with van der Waals surface area (Å²) in [6.07, 6.45) is 9.79. The van der Waals surface area contributed by atoms with Gasteiger partial charge in [-0.1, -0.05) is 37.5 Å². The maximum atomic E-state index is 5.44. The molecule has 2 aromatic rings. The molecule has 0 radical (unpaired) electrons. The summed E-state index contributed by atoms with van der Waals surface area (Å²) >= 11 is 0. The first kappa shape index (κ1) is 23.0. The van der Waals surface area contributed by atoms with E-state index in [0.29, 0.717) is 6.61 Å². The number of nitrogens with one attached hydrogen (secondary N) is 2. The van der Waals surface area contributed by atoms with Crippen molar-refractivity contribution >= 4 is 41.9 Å². The Hall–Kier alpha value is -1.66. The molecule has 0 saturated heterocycles. The van der Waals surface area contributed by atoms with Gasteiger partial charge in [-0.15, -0.1) is 24.8 Å². The number of anilines is 2. The molecule has 1 aromatic heterocycles. The molecular formula is C23H30Cl2N4O. The van der Waals surface area contributed by atoms with Crippen molar-refractivity contribution in [2.75, 3.05) is 18.5 Å². The minimum absolute atomic E-state index is 0. The summed E-state index contributed by atoms with van der Waals surface area (Å²) < 4.78 is 5.44. The molecule has 5 rings (SSSR count). The average molecular weight is 449 g/mol. The first-order valence-electron chi connectivity index (χ1n) is 10.6. The highest BCUT2D eigenvalue weighted by Gasteiger charge is 2.21. The Bertz CT molecular complexity index is 880. The minimum atomic E-state index is 0. The van der Waals surface area contributed by atoms with E-state index in [4.69, 9.17) is 14.7 Å². The van der Waals surface area contributed by atoms with Crippen LogP contribution in [0.2, 0.25) is 0 Å². The second-order valence-electron chi connectivity index (χ2n) is 8.06. The van der Waals surface area contributed by atoms with E-state index in [1.807, 2.05) is 0 Å². The van der Waals surface area contributed by atoms with Gasteiger partial charge in [0.15, 0.2) is 5.82 Å². The van der Waals surface area contributed by atoms with Crippen LogP contribution in [-0.4, -0.2) is 23.2 Å². The van der Waals surface area contributed by atoms with Crippen LogP contribution in [0.25, 0.3) is 5.57 Å². The van der Waals surface area contributed by atoms with E-state index >= 15 is 0 Å². The van der Waals surface area contributed by atoms with Gasteiger partial charge in [0.25, 0.3) is 0 Å². The number of ether oxygens (including phenoxy) is 1. The summed E-state index contributed by atoms with van der Waals surface area (Å²) in [6.45, 7) is 3.03. The molecule has 7 heteroatoms. The monoisotopic (exact) mass is 448 g/mol. The fourth-order valence-corrected chi connectivity index (χ4v) is 4.56. The van der Waals surface area contributed by atoms with Crippen molar-refractivity contribution in [2.45, 2.75) is 57.5 Å². The molecule has 2 N–H and O–H groups in total. The zero-order valence-corrected chi connectivity index (χ0v) is 18.8. The molecule has 1 saturated carbocycles. The van der Waals surface area contributed by atoms with Gasteiger partial charge in [-0.2, -0.15) is 0 Å². The second-order valence-corrected chi connectivity index (χ2v) is 8.06. The molecule has 162 valence electrons. The van der Waals surface area contributed by atoms with E-state index in [9.17, 15) is 0 Å². The normalized spacial score (nSPS) is 18.6. The van der Waals surface area contributed by atoms with Gasteiger partial charge in [0, 0.05) is 24.3 Å². The third-order valence-corrected chi connectivity index (χ3v) is 6.19. The Kier molecular flexibility index (Phi) is 8.12. The lowest BCUT2D eigenvalue weighted by atomic mass is 9.84.